The van der Waals surface area contributed by atoms with Crippen molar-refractivity contribution in [1.29, 1.82) is 0 Å². The number of aromatic nitrogens is 2. The number of halogens is 2. The van der Waals surface area contributed by atoms with Gasteiger partial charge in [-0.2, -0.15) is 0 Å². The molecule has 5 rings (SSSR count). The number of nitrogens with zero attached hydrogens (tertiary/aromatic N) is 2. The maximum Gasteiger partial charge on any atom is 0.156 e. The van der Waals surface area contributed by atoms with Crippen molar-refractivity contribution in [2.24, 2.45) is 5.16 Å². The highest BCUT2D eigenvalue weighted by molar-refractivity contribution is 6.01. The van der Waals surface area contributed by atoms with E-state index >= 15 is 0 Å². The zero-order valence-electron chi connectivity index (χ0n) is 15.8. The number of aromatic amines is 1. The first-order valence-corrected chi connectivity index (χ1v) is 9.64. The van der Waals surface area contributed by atoms with Crippen LogP contribution in [0.4, 0.5) is 4.39 Å². The molecule has 0 atom stereocenters. The number of rotatable bonds is 2. The molecule has 4 nitrogen and oxygen atoms in total. The number of benzene rings is 2. The number of oxime groups is 1. The lowest BCUT2D eigenvalue weighted by atomic mass is 9.81. The van der Waals surface area contributed by atoms with Crippen molar-refractivity contribution in [3.63, 3.8) is 0 Å². The normalized spacial score (nSPS) is 18.0. The number of hydrogen-bond acceptors (Lipinski definition) is 3. The Morgan fingerprint density at radius 3 is 2.68 bits per heavy atom. The highest BCUT2D eigenvalue weighted by Gasteiger charge is 2.41. The Morgan fingerprint density at radius 2 is 1.89 bits per heavy atom. The average Bonchev–Trinajstić information content (AvgIpc) is 3.28. The third-order valence-electron chi connectivity index (χ3n) is 5.84. The van der Waals surface area contributed by atoms with E-state index in [1.54, 1.807) is 12.1 Å². The van der Waals surface area contributed by atoms with E-state index in [0.717, 1.165) is 53.0 Å². The smallest absolute Gasteiger partial charge is 0.156 e. The largest absolute Gasteiger partial charge is 0.388 e. The molecule has 1 saturated carbocycles. The number of nitrogens with one attached hydrogen (secondary N) is 1. The van der Waals surface area contributed by atoms with Crippen molar-refractivity contribution in [2.45, 2.75) is 51.0 Å². The van der Waals surface area contributed by atoms with Gasteiger partial charge in [-0.25, -0.2) is 9.37 Å². The molecule has 3 aromatic rings. The van der Waals surface area contributed by atoms with Gasteiger partial charge in [0.25, 0.3) is 0 Å². The van der Waals surface area contributed by atoms with Gasteiger partial charge in [0.05, 0.1) is 11.0 Å². The van der Waals surface area contributed by atoms with E-state index in [0.29, 0.717) is 5.56 Å². The van der Waals surface area contributed by atoms with Crippen LogP contribution in [0.2, 0.25) is 0 Å². The highest BCUT2D eigenvalue weighted by Crippen LogP contribution is 2.39. The van der Waals surface area contributed by atoms with Gasteiger partial charge < -0.3 is 9.82 Å². The molecule has 0 saturated heterocycles. The quantitative estimate of drug-likeness (QED) is 0.580. The third-order valence-corrected chi connectivity index (χ3v) is 5.84. The molecule has 1 aliphatic heterocycles. The number of hydrogen-bond donors (Lipinski definition) is 1. The Hall–Kier alpha value is -2.40. The van der Waals surface area contributed by atoms with E-state index in [1.165, 1.54) is 25.3 Å². The van der Waals surface area contributed by atoms with Crippen molar-refractivity contribution < 1.29 is 9.23 Å². The average molecular weight is 400 g/mol. The Morgan fingerprint density at radius 1 is 1.11 bits per heavy atom. The van der Waals surface area contributed by atoms with Crippen LogP contribution in [0.15, 0.2) is 41.6 Å². The molecular formula is C22H23ClFN3O. The van der Waals surface area contributed by atoms with Crippen LogP contribution in [-0.4, -0.2) is 21.3 Å². The van der Waals surface area contributed by atoms with Crippen LogP contribution >= 0.6 is 12.4 Å². The molecule has 1 spiro atoms. The Labute approximate surface area is 169 Å². The molecular weight excluding hydrogens is 377 g/mol. The molecule has 0 unspecified atom stereocenters. The summed E-state index contributed by atoms with van der Waals surface area (Å²) in [6.45, 7) is 2.01. The van der Waals surface area contributed by atoms with Crippen LogP contribution < -0.4 is 0 Å². The van der Waals surface area contributed by atoms with Crippen molar-refractivity contribution >= 4 is 29.2 Å². The van der Waals surface area contributed by atoms with Gasteiger partial charge >= 0.3 is 0 Å². The predicted molar refractivity (Wildman–Crippen MR) is 112 cm³/mol. The SMILES string of the molecule is Cc1cc(-c2ccccc2F)cc2[nH]c(C3=NOC4(CCCCC4)C3)nc12.Cl. The molecule has 2 aromatic carbocycles. The molecule has 146 valence electrons. The minimum absolute atomic E-state index is 0. The van der Waals surface area contributed by atoms with Crippen molar-refractivity contribution in [2.75, 3.05) is 0 Å². The molecule has 0 bridgehead atoms. The van der Waals surface area contributed by atoms with Crippen molar-refractivity contribution in [1.82, 2.24) is 9.97 Å². The zero-order valence-corrected chi connectivity index (χ0v) is 16.6. The van der Waals surface area contributed by atoms with E-state index in [9.17, 15) is 4.39 Å². The molecule has 6 heteroatoms. The second-order valence-electron chi connectivity index (χ2n) is 7.80. The first-order valence-electron chi connectivity index (χ1n) is 9.64. The second kappa shape index (κ2) is 7.21. The van der Waals surface area contributed by atoms with Crippen LogP contribution in [0.5, 0.6) is 0 Å². The summed E-state index contributed by atoms with van der Waals surface area (Å²) in [7, 11) is 0. The van der Waals surface area contributed by atoms with Gasteiger partial charge in [-0.3, -0.25) is 0 Å². The second-order valence-corrected chi connectivity index (χ2v) is 7.80. The van der Waals surface area contributed by atoms with Crippen LogP contribution in [0.25, 0.3) is 22.2 Å². The predicted octanol–water partition coefficient (Wildman–Crippen LogP) is 5.93. The van der Waals surface area contributed by atoms with Gasteiger partial charge in [0.1, 0.15) is 17.1 Å². The molecule has 2 heterocycles. The zero-order chi connectivity index (χ0) is 18.4. The fraction of sp³-hybridized carbons (Fsp3) is 0.364. The first kappa shape index (κ1) is 18.9. The van der Waals surface area contributed by atoms with Crippen LogP contribution in [0.1, 0.15) is 49.9 Å². The van der Waals surface area contributed by atoms with Crippen LogP contribution in [-0.2, 0) is 4.84 Å². The molecule has 0 amide bonds. The molecule has 1 aliphatic carbocycles. The maximum atomic E-state index is 14.2. The lowest BCUT2D eigenvalue weighted by Crippen LogP contribution is -2.31. The highest BCUT2D eigenvalue weighted by atomic mass is 35.5. The van der Waals surface area contributed by atoms with Crippen molar-refractivity contribution in [3.05, 3.63) is 53.6 Å². The summed E-state index contributed by atoms with van der Waals surface area (Å²) in [6, 6.07) is 10.8. The van der Waals surface area contributed by atoms with Gasteiger partial charge in [-0.1, -0.05) is 29.8 Å². The van der Waals surface area contributed by atoms with Crippen LogP contribution in [0, 0.1) is 12.7 Å². The molecule has 1 N–H and O–H groups in total. The summed E-state index contributed by atoms with van der Waals surface area (Å²) in [6.07, 6.45) is 6.63. The van der Waals surface area contributed by atoms with E-state index in [4.69, 9.17) is 9.82 Å². The van der Waals surface area contributed by atoms with Crippen LogP contribution in [0.3, 0.4) is 0 Å². The number of aryl methyl sites for hydroxylation is 1. The Bertz CT molecular complexity index is 1050. The third kappa shape index (κ3) is 3.18. The summed E-state index contributed by atoms with van der Waals surface area (Å²) in [5, 5.41) is 4.37. The molecule has 28 heavy (non-hydrogen) atoms. The van der Waals surface area contributed by atoms with Gasteiger partial charge in [-0.15, -0.1) is 12.4 Å². The van der Waals surface area contributed by atoms with E-state index in [-0.39, 0.29) is 23.8 Å². The Balaban J connectivity index is 0.00000192. The number of imidazole rings is 1. The minimum atomic E-state index is -0.219. The van der Waals surface area contributed by atoms with Crippen molar-refractivity contribution in [3.8, 4) is 11.1 Å². The monoisotopic (exact) mass is 399 g/mol. The molecule has 0 radical (unpaired) electrons. The minimum Gasteiger partial charge on any atom is -0.388 e. The molecule has 1 fully saturated rings. The van der Waals surface area contributed by atoms with E-state index in [2.05, 4.69) is 10.1 Å². The lowest BCUT2D eigenvalue weighted by Gasteiger charge is -2.30. The summed E-state index contributed by atoms with van der Waals surface area (Å²) in [5.74, 6) is 0.546. The summed E-state index contributed by atoms with van der Waals surface area (Å²) in [4.78, 5) is 14.0. The number of H-pyrrole nitrogens is 1. The maximum absolute atomic E-state index is 14.2. The van der Waals surface area contributed by atoms with E-state index in [1.807, 2.05) is 25.1 Å². The Kier molecular flexibility index (Phi) is 4.88. The van der Waals surface area contributed by atoms with Gasteiger partial charge in [0.15, 0.2) is 5.82 Å². The van der Waals surface area contributed by atoms with Gasteiger partial charge in [0.2, 0.25) is 0 Å². The topological polar surface area (TPSA) is 50.3 Å². The molecule has 2 aliphatic rings. The van der Waals surface area contributed by atoms with Gasteiger partial charge in [0, 0.05) is 12.0 Å². The summed E-state index contributed by atoms with van der Waals surface area (Å²) >= 11 is 0. The van der Waals surface area contributed by atoms with Gasteiger partial charge in [-0.05, 0) is 61.9 Å². The standard InChI is InChI=1S/C22H22FN3O.ClH/c1-14-11-15(16-7-3-4-8-17(16)23)12-18-20(14)25-21(24-18)19-13-22(27-26-19)9-5-2-6-10-22;/h3-4,7-8,11-12H,2,5-6,9-10,13H2,1H3,(H,24,25);1H. The molecule has 1 aromatic heterocycles. The fourth-order valence-corrected chi connectivity index (χ4v) is 4.39. The summed E-state index contributed by atoms with van der Waals surface area (Å²) < 4.78 is 14.2. The first-order chi connectivity index (χ1) is 13.1. The lowest BCUT2D eigenvalue weighted by molar-refractivity contribution is -0.0449. The number of fused-ring (bicyclic) bond motifs is 1. The van der Waals surface area contributed by atoms with E-state index < -0.39 is 0 Å². The summed E-state index contributed by atoms with van der Waals surface area (Å²) in [5.41, 5.74) is 5.02. The fourth-order valence-electron chi connectivity index (χ4n) is 4.39.